The first-order chi connectivity index (χ1) is 17.1. The van der Waals surface area contributed by atoms with Crippen LogP contribution < -0.4 is 5.32 Å². The number of imide groups is 1. The summed E-state index contributed by atoms with van der Waals surface area (Å²) in [6.07, 6.45) is 2.67. The molecule has 0 saturated carbocycles. The summed E-state index contributed by atoms with van der Waals surface area (Å²) in [6.45, 7) is 11.9. The van der Waals surface area contributed by atoms with Crippen LogP contribution in [0, 0.1) is 34.6 Å². The molecule has 36 heavy (non-hydrogen) atoms. The van der Waals surface area contributed by atoms with Gasteiger partial charge in [-0.1, -0.05) is 31.2 Å². The van der Waals surface area contributed by atoms with Gasteiger partial charge in [0.25, 0.3) is 11.1 Å². The number of amides is 3. The van der Waals surface area contributed by atoms with Crippen molar-refractivity contribution < 1.29 is 14.4 Å². The van der Waals surface area contributed by atoms with Gasteiger partial charge in [-0.05, 0) is 105 Å². The summed E-state index contributed by atoms with van der Waals surface area (Å²) in [6, 6.07) is 13.9. The Morgan fingerprint density at radius 3 is 2.42 bits per heavy atom. The fourth-order valence-corrected chi connectivity index (χ4v) is 5.37. The molecular weight excluding hydrogens is 470 g/mol. The quantitative estimate of drug-likeness (QED) is 0.405. The zero-order valence-corrected chi connectivity index (χ0v) is 22.4. The Balaban J connectivity index is 1.56. The summed E-state index contributed by atoms with van der Waals surface area (Å²) in [5.74, 6) is -0.859. The number of hydrogen-bond acceptors (Lipinski definition) is 4. The molecule has 0 aliphatic carbocycles. The zero-order valence-electron chi connectivity index (χ0n) is 21.6. The average Bonchev–Trinajstić information content (AvgIpc) is 3.25. The molecule has 3 aromatic rings. The van der Waals surface area contributed by atoms with E-state index < -0.39 is 17.1 Å². The van der Waals surface area contributed by atoms with E-state index in [1.165, 1.54) is 11.1 Å². The van der Waals surface area contributed by atoms with Crippen LogP contribution in [0.25, 0.3) is 11.8 Å². The van der Waals surface area contributed by atoms with Crippen LogP contribution >= 0.6 is 11.8 Å². The third kappa shape index (κ3) is 4.88. The van der Waals surface area contributed by atoms with Crippen molar-refractivity contribution in [1.29, 1.82) is 0 Å². The van der Waals surface area contributed by atoms with Crippen LogP contribution in [0.3, 0.4) is 0 Å². The van der Waals surface area contributed by atoms with Crippen LogP contribution in [0.5, 0.6) is 0 Å². The SMILES string of the molecule is CCc1cccc(C)c1-n1c(C)cc(/C=C2\SC(=O)N(CC(=O)Nc3ccc(C)c(C)c3)C2=O)c1C. The molecule has 1 aliphatic heterocycles. The lowest BCUT2D eigenvalue weighted by molar-refractivity contribution is -0.127. The number of para-hydroxylation sites is 1. The van der Waals surface area contributed by atoms with Gasteiger partial charge in [-0.2, -0.15) is 0 Å². The Hall–Kier alpha value is -3.58. The molecule has 2 aromatic carbocycles. The lowest BCUT2D eigenvalue weighted by Gasteiger charge is -2.17. The molecule has 3 amide bonds. The summed E-state index contributed by atoms with van der Waals surface area (Å²) >= 11 is 0.869. The number of rotatable bonds is 6. The second-order valence-corrected chi connectivity index (χ2v) is 10.2. The lowest BCUT2D eigenvalue weighted by atomic mass is 10.1. The topological polar surface area (TPSA) is 71.4 Å². The molecule has 6 nitrogen and oxygen atoms in total. The van der Waals surface area contributed by atoms with E-state index in [2.05, 4.69) is 41.9 Å². The van der Waals surface area contributed by atoms with E-state index >= 15 is 0 Å². The van der Waals surface area contributed by atoms with E-state index in [0.29, 0.717) is 10.6 Å². The maximum Gasteiger partial charge on any atom is 0.294 e. The van der Waals surface area contributed by atoms with Crippen LogP contribution in [0.15, 0.2) is 47.4 Å². The first kappa shape index (κ1) is 25.5. The van der Waals surface area contributed by atoms with Crippen LogP contribution in [-0.2, 0) is 16.0 Å². The van der Waals surface area contributed by atoms with Gasteiger partial charge in [0.2, 0.25) is 5.91 Å². The summed E-state index contributed by atoms with van der Waals surface area (Å²) in [4.78, 5) is 39.6. The van der Waals surface area contributed by atoms with Crippen molar-refractivity contribution in [2.75, 3.05) is 11.9 Å². The molecule has 0 bridgehead atoms. The standard InChI is InChI=1S/C29H31N3O3S/c1-7-22-10-8-9-18(3)27(22)32-20(5)14-23(21(32)6)15-25-28(34)31(29(35)36-25)16-26(33)30-24-12-11-17(2)19(4)13-24/h8-15H,7,16H2,1-6H3,(H,30,33)/b25-15-. The van der Waals surface area contributed by atoms with Crippen molar-refractivity contribution >= 4 is 40.6 Å². The number of anilines is 1. The Morgan fingerprint density at radius 1 is 0.972 bits per heavy atom. The van der Waals surface area contributed by atoms with Crippen molar-refractivity contribution in [1.82, 2.24) is 9.47 Å². The van der Waals surface area contributed by atoms with Gasteiger partial charge in [0, 0.05) is 17.1 Å². The molecule has 0 unspecified atom stereocenters. The molecule has 1 aromatic heterocycles. The molecule has 7 heteroatoms. The van der Waals surface area contributed by atoms with Crippen LogP contribution in [-0.4, -0.2) is 33.1 Å². The largest absolute Gasteiger partial charge is 0.325 e. The first-order valence-corrected chi connectivity index (χ1v) is 12.8. The molecule has 1 fully saturated rings. The van der Waals surface area contributed by atoms with Gasteiger partial charge in [0.05, 0.1) is 10.6 Å². The van der Waals surface area contributed by atoms with Crippen molar-refractivity contribution in [2.45, 2.75) is 48.0 Å². The molecule has 1 aliphatic rings. The van der Waals surface area contributed by atoms with Crippen LogP contribution in [0.1, 0.15) is 46.1 Å². The molecule has 4 rings (SSSR count). The van der Waals surface area contributed by atoms with Crippen molar-refractivity contribution in [3.8, 4) is 5.69 Å². The van der Waals surface area contributed by atoms with Gasteiger partial charge in [-0.15, -0.1) is 0 Å². The molecule has 186 valence electrons. The van der Waals surface area contributed by atoms with Gasteiger partial charge >= 0.3 is 0 Å². The Kier molecular flexibility index (Phi) is 7.22. The monoisotopic (exact) mass is 501 g/mol. The second-order valence-electron chi connectivity index (χ2n) is 9.21. The third-order valence-electron chi connectivity index (χ3n) is 6.65. The van der Waals surface area contributed by atoms with Gasteiger partial charge in [0.15, 0.2) is 0 Å². The maximum absolute atomic E-state index is 13.1. The zero-order chi connectivity index (χ0) is 26.1. The highest BCUT2D eigenvalue weighted by molar-refractivity contribution is 8.18. The lowest BCUT2D eigenvalue weighted by Crippen LogP contribution is -2.36. The highest BCUT2D eigenvalue weighted by atomic mass is 32.2. The number of benzene rings is 2. The highest BCUT2D eigenvalue weighted by Crippen LogP contribution is 2.34. The molecule has 1 saturated heterocycles. The van der Waals surface area contributed by atoms with Gasteiger partial charge < -0.3 is 9.88 Å². The van der Waals surface area contributed by atoms with E-state index in [-0.39, 0.29) is 6.54 Å². The summed E-state index contributed by atoms with van der Waals surface area (Å²) < 4.78 is 2.21. The molecule has 1 N–H and O–H groups in total. The number of nitrogens with one attached hydrogen (secondary N) is 1. The van der Waals surface area contributed by atoms with Gasteiger partial charge in [-0.3, -0.25) is 19.3 Å². The minimum atomic E-state index is -0.449. The number of nitrogens with zero attached hydrogens (tertiary/aromatic N) is 2. The smallest absolute Gasteiger partial charge is 0.294 e. The normalized spacial score (nSPS) is 14.7. The van der Waals surface area contributed by atoms with E-state index in [9.17, 15) is 14.4 Å². The molecule has 0 spiro atoms. The van der Waals surface area contributed by atoms with E-state index in [1.807, 2.05) is 52.0 Å². The predicted molar refractivity (Wildman–Crippen MR) is 147 cm³/mol. The number of hydrogen-bond donors (Lipinski definition) is 1. The molecule has 0 radical (unpaired) electrons. The van der Waals surface area contributed by atoms with Crippen molar-refractivity contribution in [2.24, 2.45) is 0 Å². The number of aryl methyl sites for hydroxylation is 5. The van der Waals surface area contributed by atoms with Crippen LogP contribution in [0.4, 0.5) is 10.5 Å². The maximum atomic E-state index is 13.1. The molecular formula is C29H31N3O3S. The number of thioether (sulfide) groups is 1. The second kappa shape index (κ2) is 10.2. The minimum Gasteiger partial charge on any atom is -0.325 e. The summed E-state index contributed by atoms with van der Waals surface area (Å²) in [5.41, 5.74) is 9.32. The minimum absolute atomic E-state index is 0.319. The number of carbonyl (C=O) groups excluding carboxylic acids is 3. The van der Waals surface area contributed by atoms with E-state index in [0.717, 1.165) is 56.8 Å². The Bertz CT molecular complexity index is 1420. The average molecular weight is 502 g/mol. The highest BCUT2D eigenvalue weighted by Gasteiger charge is 2.36. The molecule has 0 atom stereocenters. The Labute approximate surface area is 216 Å². The summed E-state index contributed by atoms with van der Waals surface area (Å²) in [7, 11) is 0. The van der Waals surface area contributed by atoms with Gasteiger partial charge in [-0.25, -0.2) is 0 Å². The molecule has 2 heterocycles. The fourth-order valence-electron chi connectivity index (χ4n) is 4.54. The first-order valence-electron chi connectivity index (χ1n) is 12.0. The Morgan fingerprint density at radius 2 is 1.72 bits per heavy atom. The third-order valence-corrected chi connectivity index (χ3v) is 7.56. The van der Waals surface area contributed by atoms with Gasteiger partial charge in [0.1, 0.15) is 6.54 Å². The predicted octanol–water partition coefficient (Wildman–Crippen LogP) is 6.26. The van der Waals surface area contributed by atoms with Crippen molar-refractivity contribution in [3.05, 3.63) is 86.6 Å². The van der Waals surface area contributed by atoms with Crippen LogP contribution in [0.2, 0.25) is 0 Å². The van der Waals surface area contributed by atoms with E-state index in [1.54, 1.807) is 6.08 Å². The number of aromatic nitrogens is 1. The number of carbonyl (C=O) groups is 3. The summed E-state index contributed by atoms with van der Waals surface area (Å²) in [5, 5.41) is 2.34. The van der Waals surface area contributed by atoms with E-state index in [4.69, 9.17) is 0 Å². The fraction of sp³-hybridized carbons (Fsp3) is 0.276. The van der Waals surface area contributed by atoms with Crippen molar-refractivity contribution in [3.63, 3.8) is 0 Å².